The Morgan fingerprint density at radius 1 is 1.33 bits per heavy atom. The molecule has 1 nitrogen and oxygen atoms in total. The topological polar surface area (TPSA) is 12.9 Å². The first-order chi connectivity index (χ1) is 7.00. The molecule has 0 aliphatic heterocycles. The summed E-state index contributed by atoms with van der Waals surface area (Å²) in [6.07, 6.45) is 0. The van der Waals surface area contributed by atoms with E-state index >= 15 is 0 Å². The lowest BCUT2D eigenvalue weighted by molar-refractivity contribution is 1.22. The van der Waals surface area contributed by atoms with Crippen molar-refractivity contribution in [2.45, 2.75) is 13.8 Å². The summed E-state index contributed by atoms with van der Waals surface area (Å²) in [6, 6.07) is 4.12. The van der Waals surface area contributed by atoms with Crippen LogP contribution in [0.25, 0.3) is 10.9 Å². The second kappa shape index (κ2) is 4.18. The Morgan fingerprint density at radius 2 is 2.00 bits per heavy atom. The van der Waals surface area contributed by atoms with Crippen LogP contribution in [0.5, 0.6) is 0 Å². The van der Waals surface area contributed by atoms with Crippen molar-refractivity contribution in [3.63, 3.8) is 0 Å². The van der Waals surface area contributed by atoms with Crippen molar-refractivity contribution < 1.29 is 0 Å². The first-order valence-electron chi connectivity index (χ1n) is 4.42. The summed E-state index contributed by atoms with van der Waals surface area (Å²) < 4.78 is 2.03. The van der Waals surface area contributed by atoms with Gasteiger partial charge in [-0.1, -0.05) is 11.6 Å². The average molecular weight is 396 g/mol. The molecular formula is C11H8BrClIN. The molecule has 0 N–H and O–H groups in total. The highest BCUT2D eigenvalue weighted by Gasteiger charge is 2.11. The lowest BCUT2D eigenvalue weighted by Gasteiger charge is -2.08. The first-order valence-corrected chi connectivity index (χ1v) is 6.67. The smallest absolute Gasteiger partial charge is 0.0863 e. The molecule has 0 aliphatic carbocycles. The van der Waals surface area contributed by atoms with E-state index in [1.807, 2.05) is 13.8 Å². The van der Waals surface area contributed by atoms with Gasteiger partial charge in [-0.05, 0) is 70.1 Å². The largest absolute Gasteiger partial charge is 0.251 e. The van der Waals surface area contributed by atoms with Gasteiger partial charge in [0.2, 0.25) is 0 Å². The molecule has 0 amide bonds. The van der Waals surface area contributed by atoms with Crippen LogP contribution in [-0.4, -0.2) is 4.98 Å². The van der Waals surface area contributed by atoms with E-state index in [-0.39, 0.29) is 0 Å². The minimum Gasteiger partial charge on any atom is -0.251 e. The molecule has 1 aromatic carbocycles. The van der Waals surface area contributed by atoms with Crippen molar-refractivity contribution in [2.75, 3.05) is 0 Å². The van der Waals surface area contributed by atoms with Crippen LogP contribution in [0.15, 0.2) is 16.6 Å². The monoisotopic (exact) mass is 395 g/mol. The van der Waals surface area contributed by atoms with Crippen LogP contribution in [0.3, 0.4) is 0 Å². The van der Waals surface area contributed by atoms with E-state index in [0.717, 1.165) is 29.7 Å². The van der Waals surface area contributed by atoms with Gasteiger partial charge in [-0.25, -0.2) is 0 Å². The van der Waals surface area contributed by atoms with Crippen LogP contribution in [0.2, 0.25) is 5.02 Å². The molecule has 15 heavy (non-hydrogen) atoms. The SMILES string of the molecule is Cc1cc(Br)c2nc(C)c(I)c(Cl)c2c1. The quantitative estimate of drug-likeness (QED) is 0.579. The molecule has 0 atom stereocenters. The molecule has 1 heterocycles. The molecule has 1 aromatic heterocycles. The Bertz CT molecular complexity index is 554. The Kier molecular flexibility index (Phi) is 3.24. The van der Waals surface area contributed by atoms with Gasteiger partial charge in [0.15, 0.2) is 0 Å². The van der Waals surface area contributed by atoms with Crippen LogP contribution >= 0.6 is 50.1 Å². The van der Waals surface area contributed by atoms with Crippen molar-refractivity contribution in [1.29, 1.82) is 0 Å². The summed E-state index contributed by atoms with van der Waals surface area (Å²) in [5.41, 5.74) is 3.08. The van der Waals surface area contributed by atoms with Crippen LogP contribution < -0.4 is 0 Å². The van der Waals surface area contributed by atoms with Gasteiger partial charge < -0.3 is 0 Å². The van der Waals surface area contributed by atoms with E-state index in [1.54, 1.807) is 0 Å². The van der Waals surface area contributed by atoms with Crippen molar-refractivity contribution >= 4 is 61.0 Å². The Balaban J connectivity index is 2.98. The number of pyridine rings is 1. The zero-order valence-electron chi connectivity index (χ0n) is 8.24. The third-order valence-electron chi connectivity index (χ3n) is 2.23. The van der Waals surface area contributed by atoms with Gasteiger partial charge in [-0.3, -0.25) is 4.98 Å². The zero-order valence-corrected chi connectivity index (χ0v) is 12.7. The zero-order chi connectivity index (χ0) is 11.2. The maximum Gasteiger partial charge on any atom is 0.0863 e. The Morgan fingerprint density at radius 3 is 2.67 bits per heavy atom. The van der Waals surface area contributed by atoms with Crippen molar-refractivity contribution in [1.82, 2.24) is 4.98 Å². The molecular weight excluding hydrogens is 388 g/mol. The normalized spacial score (nSPS) is 11.0. The van der Waals surface area contributed by atoms with Crippen molar-refractivity contribution in [2.24, 2.45) is 0 Å². The van der Waals surface area contributed by atoms with Crippen LogP contribution in [-0.2, 0) is 0 Å². The number of hydrogen-bond donors (Lipinski definition) is 0. The molecule has 0 aliphatic rings. The first kappa shape index (κ1) is 11.6. The number of fused-ring (bicyclic) bond motifs is 1. The number of benzene rings is 1. The average Bonchev–Trinajstić information content (AvgIpc) is 2.17. The predicted molar refractivity (Wildman–Crippen MR) is 76.6 cm³/mol. The minimum atomic E-state index is 0.794. The molecule has 4 heteroatoms. The predicted octanol–water partition coefficient (Wildman–Crippen LogP) is 4.87. The van der Waals surface area contributed by atoms with E-state index in [4.69, 9.17) is 11.6 Å². The van der Waals surface area contributed by atoms with E-state index in [0.29, 0.717) is 0 Å². The molecule has 0 bridgehead atoms. The van der Waals surface area contributed by atoms with E-state index in [2.05, 4.69) is 55.6 Å². The summed E-state index contributed by atoms with van der Waals surface area (Å²) in [5, 5.41) is 1.81. The van der Waals surface area contributed by atoms with Crippen LogP contribution in [0, 0.1) is 17.4 Å². The van der Waals surface area contributed by atoms with Gasteiger partial charge in [0.1, 0.15) is 0 Å². The highest BCUT2D eigenvalue weighted by molar-refractivity contribution is 14.1. The summed E-state index contributed by atoms with van der Waals surface area (Å²) in [6.45, 7) is 4.02. The summed E-state index contributed by atoms with van der Waals surface area (Å²) in [5.74, 6) is 0. The summed E-state index contributed by atoms with van der Waals surface area (Å²) >= 11 is 12.1. The minimum absolute atomic E-state index is 0.794. The van der Waals surface area contributed by atoms with E-state index in [9.17, 15) is 0 Å². The van der Waals surface area contributed by atoms with Gasteiger partial charge in [-0.15, -0.1) is 0 Å². The van der Waals surface area contributed by atoms with Crippen LogP contribution in [0.1, 0.15) is 11.3 Å². The van der Waals surface area contributed by atoms with Crippen molar-refractivity contribution in [3.05, 3.63) is 36.5 Å². The number of rotatable bonds is 0. The molecule has 0 saturated heterocycles. The second-order valence-electron chi connectivity index (χ2n) is 3.47. The molecule has 0 fully saturated rings. The fourth-order valence-electron chi connectivity index (χ4n) is 1.51. The molecule has 2 rings (SSSR count). The second-order valence-corrected chi connectivity index (χ2v) is 5.78. The molecule has 0 saturated carbocycles. The lowest BCUT2D eigenvalue weighted by atomic mass is 10.1. The van der Waals surface area contributed by atoms with Gasteiger partial charge in [0.05, 0.1) is 19.8 Å². The van der Waals surface area contributed by atoms with Gasteiger partial charge in [-0.2, -0.15) is 0 Å². The summed E-state index contributed by atoms with van der Waals surface area (Å²) in [7, 11) is 0. The van der Waals surface area contributed by atoms with Crippen LogP contribution in [0.4, 0.5) is 0 Å². The van der Waals surface area contributed by atoms with E-state index in [1.165, 1.54) is 5.56 Å². The fraction of sp³-hybridized carbons (Fsp3) is 0.182. The molecule has 0 spiro atoms. The summed E-state index contributed by atoms with van der Waals surface area (Å²) in [4.78, 5) is 4.54. The standard InChI is InChI=1S/C11H8BrClIN/c1-5-3-7-9(13)10(14)6(2)15-11(7)8(12)4-5/h3-4H,1-2H3. The Labute approximate surface area is 115 Å². The maximum atomic E-state index is 6.31. The lowest BCUT2D eigenvalue weighted by Crippen LogP contribution is -1.92. The third kappa shape index (κ3) is 2.01. The maximum absolute atomic E-state index is 6.31. The molecule has 2 aromatic rings. The van der Waals surface area contributed by atoms with Gasteiger partial charge in [0, 0.05) is 9.86 Å². The number of hydrogen-bond acceptors (Lipinski definition) is 1. The number of nitrogens with zero attached hydrogens (tertiary/aromatic N) is 1. The highest BCUT2D eigenvalue weighted by Crippen LogP contribution is 2.33. The van der Waals surface area contributed by atoms with Crippen molar-refractivity contribution in [3.8, 4) is 0 Å². The number of aromatic nitrogens is 1. The third-order valence-corrected chi connectivity index (χ3v) is 4.87. The molecule has 0 radical (unpaired) electrons. The molecule has 78 valence electrons. The number of halogens is 3. The molecule has 0 unspecified atom stereocenters. The number of aryl methyl sites for hydroxylation is 2. The van der Waals surface area contributed by atoms with Gasteiger partial charge >= 0.3 is 0 Å². The van der Waals surface area contributed by atoms with Gasteiger partial charge in [0.25, 0.3) is 0 Å². The fourth-order valence-corrected chi connectivity index (χ4v) is 2.86. The highest BCUT2D eigenvalue weighted by atomic mass is 127. The van der Waals surface area contributed by atoms with E-state index < -0.39 is 0 Å². The Hall–Kier alpha value is 0.130.